The van der Waals surface area contributed by atoms with Crippen LogP contribution in [0.15, 0.2) is 24.3 Å². The number of aliphatic hydroxyl groups excluding tert-OH is 1. The van der Waals surface area contributed by atoms with E-state index >= 15 is 0 Å². The summed E-state index contributed by atoms with van der Waals surface area (Å²) in [5.41, 5.74) is 1.63. The van der Waals surface area contributed by atoms with Crippen LogP contribution in [-0.4, -0.2) is 23.3 Å². The Hall–Kier alpha value is -1.09. The lowest BCUT2D eigenvalue weighted by Crippen LogP contribution is -2.50. The molecule has 1 aliphatic heterocycles. The van der Waals surface area contributed by atoms with Gasteiger partial charge in [0.05, 0.1) is 6.10 Å². The van der Waals surface area contributed by atoms with Crippen molar-refractivity contribution in [2.45, 2.75) is 44.8 Å². The normalized spacial score (nSPS) is 47.6. The average molecular weight is 248 g/mol. The average Bonchev–Trinajstić information content (AvgIpc) is 2.58. The Morgan fingerprint density at radius 3 is 2.89 bits per heavy atom. The second kappa shape index (κ2) is 3.70. The SMILES string of the molecule is C=C1CC[C@H](O)[C@@]2(C)C[C@H]3OC(=O)C(=C)[C@@H]3C[C@H]12. The van der Waals surface area contributed by atoms with E-state index in [2.05, 4.69) is 20.1 Å². The minimum absolute atomic E-state index is 0.0909. The molecule has 0 radical (unpaired) electrons. The van der Waals surface area contributed by atoms with Crippen molar-refractivity contribution in [3.63, 3.8) is 0 Å². The van der Waals surface area contributed by atoms with Crippen LogP contribution in [0.4, 0.5) is 0 Å². The zero-order valence-electron chi connectivity index (χ0n) is 10.8. The summed E-state index contributed by atoms with van der Waals surface area (Å²) in [5, 5.41) is 10.3. The fourth-order valence-corrected chi connectivity index (χ4v) is 4.08. The second-order valence-electron chi connectivity index (χ2n) is 6.29. The molecule has 0 amide bonds. The molecular formula is C15H20O3. The first-order valence-corrected chi connectivity index (χ1v) is 6.69. The third-order valence-electron chi connectivity index (χ3n) is 5.34. The number of rotatable bonds is 0. The number of hydrogen-bond donors (Lipinski definition) is 1. The molecule has 0 aromatic carbocycles. The largest absolute Gasteiger partial charge is 0.458 e. The number of hydrogen-bond acceptors (Lipinski definition) is 3. The highest BCUT2D eigenvalue weighted by Gasteiger charge is 2.55. The Kier molecular flexibility index (Phi) is 2.46. The summed E-state index contributed by atoms with van der Waals surface area (Å²) in [6, 6.07) is 0. The maximum Gasteiger partial charge on any atom is 0.334 e. The minimum atomic E-state index is -0.318. The van der Waals surface area contributed by atoms with Crippen molar-refractivity contribution < 1.29 is 14.6 Å². The molecule has 2 saturated carbocycles. The fourth-order valence-electron chi connectivity index (χ4n) is 4.08. The van der Waals surface area contributed by atoms with Gasteiger partial charge in [0.25, 0.3) is 0 Å². The number of esters is 1. The number of carbonyl (C=O) groups excluding carboxylic acids is 1. The number of fused-ring (bicyclic) bond motifs is 2. The molecule has 1 N–H and O–H groups in total. The van der Waals surface area contributed by atoms with E-state index < -0.39 is 0 Å². The number of allylic oxidation sites excluding steroid dienone is 1. The van der Waals surface area contributed by atoms with Crippen LogP contribution in [0.5, 0.6) is 0 Å². The first kappa shape index (κ1) is 12.0. The van der Waals surface area contributed by atoms with Crippen molar-refractivity contribution in [2.24, 2.45) is 17.3 Å². The molecule has 3 rings (SSSR count). The molecule has 0 aromatic heterocycles. The fraction of sp³-hybridized carbons (Fsp3) is 0.667. The van der Waals surface area contributed by atoms with Gasteiger partial charge >= 0.3 is 5.97 Å². The molecule has 1 heterocycles. The summed E-state index contributed by atoms with van der Waals surface area (Å²) in [6.45, 7) is 10.1. The van der Waals surface area contributed by atoms with Gasteiger partial charge in [-0.2, -0.15) is 0 Å². The molecule has 1 saturated heterocycles. The summed E-state index contributed by atoms with van der Waals surface area (Å²) in [4.78, 5) is 11.6. The molecule has 0 bridgehead atoms. The van der Waals surface area contributed by atoms with Crippen LogP contribution >= 0.6 is 0 Å². The molecule has 5 atom stereocenters. The summed E-state index contributed by atoms with van der Waals surface area (Å²) in [6.07, 6.45) is 2.83. The monoisotopic (exact) mass is 248 g/mol. The van der Waals surface area contributed by atoms with Gasteiger partial charge in [0.1, 0.15) is 6.10 Å². The summed E-state index contributed by atoms with van der Waals surface area (Å²) in [7, 11) is 0. The van der Waals surface area contributed by atoms with Gasteiger partial charge in [-0.25, -0.2) is 4.79 Å². The van der Waals surface area contributed by atoms with Crippen LogP contribution in [0, 0.1) is 17.3 Å². The van der Waals surface area contributed by atoms with Crippen molar-refractivity contribution in [3.05, 3.63) is 24.3 Å². The zero-order chi connectivity index (χ0) is 13.1. The predicted molar refractivity (Wildman–Crippen MR) is 67.7 cm³/mol. The molecule has 3 nitrogen and oxygen atoms in total. The molecule has 0 unspecified atom stereocenters. The standard InChI is InChI=1S/C15H20O3/c1-8-4-5-13(16)15(3)7-12-10(6-11(8)15)9(2)14(17)18-12/h10-13,16H,1-2,4-7H2,3H3/t10-,11+,12+,13-,15-/m0/s1. The Bertz CT molecular complexity index is 439. The molecule has 3 fully saturated rings. The Labute approximate surface area is 108 Å². The molecule has 2 aliphatic carbocycles. The van der Waals surface area contributed by atoms with Gasteiger partial charge in [-0.15, -0.1) is 0 Å². The summed E-state index contributed by atoms with van der Waals surface area (Å²) < 4.78 is 5.40. The molecule has 3 heteroatoms. The van der Waals surface area contributed by atoms with E-state index in [0.29, 0.717) is 5.57 Å². The topological polar surface area (TPSA) is 46.5 Å². The second-order valence-corrected chi connectivity index (χ2v) is 6.29. The summed E-state index contributed by atoms with van der Waals surface area (Å²) in [5.74, 6) is 0.152. The van der Waals surface area contributed by atoms with E-state index in [4.69, 9.17) is 4.74 Å². The highest BCUT2D eigenvalue weighted by Crippen LogP contribution is 2.56. The van der Waals surface area contributed by atoms with Gasteiger partial charge in [0.2, 0.25) is 0 Å². The van der Waals surface area contributed by atoms with Crippen LogP contribution < -0.4 is 0 Å². The Balaban J connectivity index is 1.94. The lowest BCUT2D eigenvalue weighted by molar-refractivity contribution is -0.145. The van der Waals surface area contributed by atoms with E-state index in [9.17, 15) is 9.90 Å². The van der Waals surface area contributed by atoms with Crippen molar-refractivity contribution in [1.82, 2.24) is 0 Å². The van der Waals surface area contributed by atoms with Crippen LogP contribution in [0.3, 0.4) is 0 Å². The van der Waals surface area contributed by atoms with Crippen LogP contribution in [0.2, 0.25) is 0 Å². The van der Waals surface area contributed by atoms with E-state index in [0.717, 1.165) is 25.7 Å². The number of carbonyl (C=O) groups is 1. The van der Waals surface area contributed by atoms with Gasteiger partial charge in [-0.1, -0.05) is 25.7 Å². The van der Waals surface area contributed by atoms with Crippen molar-refractivity contribution in [3.8, 4) is 0 Å². The summed E-state index contributed by atoms with van der Waals surface area (Å²) >= 11 is 0. The smallest absolute Gasteiger partial charge is 0.334 e. The van der Waals surface area contributed by atoms with E-state index in [-0.39, 0.29) is 35.4 Å². The minimum Gasteiger partial charge on any atom is -0.458 e. The van der Waals surface area contributed by atoms with Crippen molar-refractivity contribution >= 4 is 5.97 Å². The zero-order valence-corrected chi connectivity index (χ0v) is 10.8. The highest BCUT2D eigenvalue weighted by atomic mass is 16.6. The van der Waals surface area contributed by atoms with Gasteiger partial charge in [-0.3, -0.25) is 0 Å². The highest BCUT2D eigenvalue weighted by molar-refractivity contribution is 5.90. The first-order valence-electron chi connectivity index (χ1n) is 6.69. The third-order valence-corrected chi connectivity index (χ3v) is 5.34. The van der Waals surface area contributed by atoms with Crippen molar-refractivity contribution in [1.29, 1.82) is 0 Å². The number of ether oxygens (including phenoxy) is 1. The maximum absolute atomic E-state index is 11.6. The molecule has 0 spiro atoms. The van der Waals surface area contributed by atoms with Gasteiger partial charge in [0.15, 0.2) is 0 Å². The van der Waals surface area contributed by atoms with Crippen molar-refractivity contribution in [2.75, 3.05) is 0 Å². The van der Waals surface area contributed by atoms with Crippen LogP contribution in [0.25, 0.3) is 0 Å². The Morgan fingerprint density at radius 1 is 1.44 bits per heavy atom. The van der Waals surface area contributed by atoms with E-state index in [1.165, 1.54) is 5.57 Å². The van der Waals surface area contributed by atoms with Crippen LogP contribution in [-0.2, 0) is 9.53 Å². The lowest BCUT2D eigenvalue weighted by atomic mass is 9.54. The first-order chi connectivity index (χ1) is 8.43. The van der Waals surface area contributed by atoms with E-state index in [1.54, 1.807) is 0 Å². The van der Waals surface area contributed by atoms with Gasteiger partial charge in [-0.05, 0) is 31.6 Å². The maximum atomic E-state index is 11.6. The third kappa shape index (κ3) is 1.43. The molecule has 0 aromatic rings. The quantitative estimate of drug-likeness (QED) is 0.406. The lowest BCUT2D eigenvalue weighted by Gasteiger charge is -2.51. The predicted octanol–water partition coefficient (Wildman–Crippen LogP) is 2.21. The van der Waals surface area contributed by atoms with Gasteiger partial charge in [0, 0.05) is 16.9 Å². The molecule has 18 heavy (non-hydrogen) atoms. The molecule has 98 valence electrons. The number of aliphatic hydroxyl groups is 1. The molecule has 3 aliphatic rings. The Morgan fingerprint density at radius 2 is 2.17 bits per heavy atom. The van der Waals surface area contributed by atoms with E-state index in [1.807, 2.05) is 0 Å². The van der Waals surface area contributed by atoms with Crippen LogP contribution in [0.1, 0.15) is 32.6 Å². The molecular weight excluding hydrogens is 228 g/mol. The van der Waals surface area contributed by atoms with Gasteiger partial charge < -0.3 is 9.84 Å².